The molecular formula is C15H25NO2S. The molecule has 0 saturated carbocycles. The van der Waals surface area contributed by atoms with E-state index < -0.39 is 0 Å². The van der Waals surface area contributed by atoms with Crippen LogP contribution < -0.4 is 10.1 Å². The van der Waals surface area contributed by atoms with Crippen LogP contribution in [0.5, 0.6) is 5.75 Å². The Hall–Kier alpha value is -0.710. The molecule has 1 aromatic carbocycles. The van der Waals surface area contributed by atoms with Crippen molar-refractivity contribution in [3.05, 3.63) is 29.3 Å². The van der Waals surface area contributed by atoms with Crippen molar-refractivity contribution < 1.29 is 9.47 Å². The van der Waals surface area contributed by atoms with Crippen molar-refractivity contribution in [1.29, 1.82) is 0 Å². The maximum atomic E-state index is 5.42. The van der Waals surface area contributed by atoms with Gasteiger partial charge in [0.1, 0.15) is 5.75 Å². The normalized spacial score (nSPS) is 10.7. The molecule has 0 aliphatic heterocycles. The smallest absolute Gasteiger partial charge is 0.122 e. The predicted octanol–water partition coefficient (Wildman–Crippen LogP) is 3.07. The molecule has 0 aliphatic rings. The zero-order chi connectivity index (χ0) is 13.9. The van der Waals surface area contributed by atoms with E-state index in [9.17, 15) is 0 Å². The quantitative estimate of drug-likeness (QED) is 0.669. The van der Waals surface area contributed by atoms with Gasteiger partial charge in [-0.15, -0.1) is 0 Å². The number of benzene rings is 1. The molecule has 3 nitrogen and oxygen atoms in total. The summed E-state index contributed by atoms with van der Waals surface area (Å²) >= 11 is 1.87. The molecule has 0 heterocycles. The maximum Gasteiger partial charge on any atom is 0.122 e. The number of hydrogen-bond donors (Lipinski definition) is 1. The number of ether oxygens (including phenoxy) is 2. The summed E-state index contributed by atoms with van der Waals surface area (Å²) in [5, 5.41) is 3.42. The topological polar surface area (TPSA) is 30.5 Å². The lowest BCUT2D eigenvalue weighted by Gasteiger charge is -2.11. The Balaban J connectivity index is 2.56. The van der Waals surface area contributed by atoms with Gasteiger partial charge in [0.15, 0.2) is 0 Å². The second kappa shape index (κ2) is 10.1. The average Bonchev–Trinajstić information content (AvgIpc) is 2.44. The predicted molar refractivity (Wildman–Crippen MR) is 83.0 cm³/mol. The first-order valence-corrected chi connectivity index (χ1v) is 7.90. The molecule has 0 bridgehead atoms. The van der Waals surface area contributed by atoms with E-state index in [1.165, 1.54) is 11.1 Å². The molecule has 0 spiro atoms. The third-order valence-electron chi connectivity index (χ3n) is 2.79. The summed E-state index contributed by atoms with van der Waals surface area (Å²) in [4.78, 5) is 0. The van der Waals surface area contributed by atoms with Crippen LogP contribution in [0, 0.1) is 0 Å². The van der Waals surface area contributed by atoms with Gasteiger partial charge in [0.2, 0.25) is 0 Å². The van der Waals surface area contributed by atoms with Crippen molar-refractivity contribution in [2.45, 2.75) is 25.6 Å². The minimum atomic E-state index is 0.796. The lowest BCUT2D eigenvalue weighted by molar-refractivity contribution is 0.218. The minimum Gasteiger partial charge on any atom is -0.496 e. The Morgan fingerprint density at radius 1 is 1.26 bits per heavy atom. The van der Waals surface area contributed by atoms with Crippen LogP contribution >= 0.6 is 11.8 Å². The van der Waals surface area contributed by atoms with Gasteiger partial charge in [0, 0.05) is 30.7 Å². The molecule has 0 saturated heterocycles. The highest BCUT2D eigenvalue weighted by Crippen LogP contribution is 2.24. The Morgan fingerprint density at radius 2 is 2.11 bits per heavy atom. The molecule has 4 heteroatoms. The van der Waals surface area contributed by atoms with Crippen LogP contribution in [0.3, 0.4) is 0 Å². The Labute approximate surface area is 121 Å². The standard InChI is InChI=1S/C15H25NO2S/c1-4-7-16-11-13-5-6-15(18-3)14(10-13)12-19-9-8-17-2/h5-6,10,16H,4,7-9,11-12H2,1-3H3. The summed E-state index contributed by atoms with van der Waals surface area (Å²) in [6.45, 7) is 4.96. The zero-order valence-electron chi connectivity index (χ0n) is 12.2. The molecule has 0 atom stereocenters. The third-order valence-corrected chi connectivity index (χ3v) is 3.76. The summed E-state index contributed by atoms with van der Waals surface area (Å²) in [6, 6.07) is 6.43. The SMILES string of the molecule is CCCNCc1ccc(OC)c(CSCCOC)c1. The van der Waals surface area contributed by atoms with Crippen LogP contribution in [0.15, 0.2) is 18.2 Å². The number of thioether (sulfide) groups is 1. The molecule has 0 amide bonds. The molecule has 0 radical (unpaired) electrons. The van der Waals surface area contributed by atoms with Crippen molar-refractivity contribution in [3.8, 4) is 5.75 Å². The summed E-state index contributed by atoms with van der Waals surface area (Å²) < 4.78 is 10.5. The summed E-state index contributed by atoms with van der Waals surface area (Å²) in [6.07, 6.45) is 1.16. The fourth-order valence-corrected chi connectivity index (χ4v) is 2.66. The van der Waals surface area contributed by atoms with E-state index in [1.807, 2.05) is 11.8 Å². The van der Waals surface area contributed by atoms with Gasteiger partial charge in [-0.2, -0.15) is 11.8 Å². The van der Waals surface area contributed by atoms with E-state index in [0.29, 0.717) is 0 Å². The van der Waals surface area contributed by atoms with Crippen LogP contribution in [0.2, 0.25) is 0 Å². The highest BCUT2D eigenvalue weighted by Gasteiger charge is 2.04. The first-order chi connectivity index (χ1) is 9.31. The second-order valence-electron chi connectivity index (χ2n) is 4.37. The molecule has 0 aromatic heterocycles. The van der Waals surface area contributed by atoms with E-state index in [-0.39, 0.29) is 0 Å². The molecule has 1 aromatic rings. The van der Waals surface area contributed by atoms with Gasteiger partial charge in [-0.1, -0.05) is 13.0 Å². The number of rotatable bonds is 10. The maximum absolute atomic E-state index is 5.42. The Bertz CT molecular complexity index is 358. The van der Waals surface area contributed by atoms with Gasteiger partial charge in [0.05, 0.1) is 13.7 Å². The summed E-state index contributed by atoms with van der Waals surface area (Å²) in [5.41, 5.74) is 2.58. The van der Waals surface area contributed by atoms with Crippen LogP contribution in [0.4, 0.5) is 0 Å². The van der Waals surface area contributed by atoms with Crippen molar-refractivity contribution >= 4 is 11.8 Å². The molecule has 1 N–H and O–H groups in total. The molecule has 108 valence electrons. The number of hydrogen-bond acceptors (Lipinski definition) is 4. The van der Waals surface area contributed by atoms with Crippen molar-refractivity contribution in [1.82, 2.24) is 5.32 Å². The van der Waals surface area contributed by atoms with E-state index >= 15 is 0 Å². The van der Waals surface area contributed by atoms with E-state index in [1.54, 1.807) is 14.2 Å². The van der Waals surface area contributed by atoms with E-state index in [2.05, 4.69) is 30.4 Å². The molecule has 0 unspecified atom stereocenters. The highest BCUT2D eigenvalue weighted by atomic mass is 32.2. The summed E-state index contributed by atoms with van der Waals surface area (Å²) in [5.74, 6) is 2.95. The number of nitrogens with one attached hydrogen (secondary N) is 1. The summed E-state index contributed by atoms with van der Waals surface area (Å²) in [7, 11) is 3.47. The number of methoxy groups -OCH3 is 2. The van der Waals surface area contributed by atoms with Gasteiger partial charge in [-0.3, -0.25) is 0 Å². The Morgan fingerprint density at radius 3 is 2.79 bits per heavy atom. The van der Waals surface area contributed by atoms with E-state index in [0.717, 1.165) is 43.4 Å². The van der Waals surface area contributed by atoms with Crippen LogP contribution in [-0.2, 0) is 17.0 Å². The van der Waals surface area contributed by atoms with Gasteiger partial charge >= 0.3 is 0 Å². The first-order valence-electron chi connectivity index (χ1n) is 6.75. The first kappa shape index (κ1) is 16.3. The largest absolute Gasteiger partial charge is 0.496 e. The lowest BCUT2D eigenvalue weighted by Crippen LogP contribution is -2.13. The van der Waals surface area contributed by atoms with Crippen LogP contribution in [0.25, 0.3) is 0 Å². The van der Waals surface area contributed by atoms with E-state index in [4.69, 9.17) is 9.47 Å². The molecule has 0 aliphatic carbocycles. The van der Waals surface area contributed by atoms with Crippen LogP contribution in [-0.4, -0.2) is 33.1 Å². The molecule has 0 fully saturated rings. The molecule has 19 heavy (non-hydrogen) atoms. The molecule has 1 rings (SSSR count). The average molecular weight is 283 g/mol. The third kappa shape index (κ3) is 6.32. The van der Waals surface area contributed by atoms with Crippen molar-refractivity contribution in [3.63, 3.8) is 0 Å². The highest BCUT2D eigenvalue weighted by molar-refractivity contribution is 7.98. The fourth-order valence-electron chi connectivity index (χ4n) is 1.79. The van der Waals surface area contributed by atoms with Crippen LogP contribution in [0.1, 0.15) is 24.5 Å². The van der Waals surface area contributed by atoms with Gasteiger partial charge in [0.25, 0.3) is 0 Å². The van der Waals surface area contributed by atoms with Crippen molar-refractivity contribution in [2.75, 3.05) is 33.1 Å². The Kier molecular flexibility index (Phi) is 8.71. The fraction of sp³-hybridized carbons (Fsp3) is 0.600. The van der Waals surface area contributed by atoms with Gasteiger partial charge in [-0.25, -0.2) is 0 Å². The zero-order valence-corrected chi connectivity index (χ0v) is 13.0. The van der Waals surface area contributed by atoms with Gasteiger partial charge in [-0.05, 0) is 30.7 Å². The van der Waals surface area contributed by atoms with Crippen molar-refractivity contribution in [2.24, 2.45) is 0 Å². The van der Waals surface area contributed by atoms with Gasteiger partial charge < -0.3 is 14.8 Å². The lowest BCUT2D eigenvalue weighted by atomic mass is 10.1. The monoisotopic (exact) mass is 283 g/mol. The minimum absolute atomic E-state index is 0.796. The second-order valence-corrected chi connectivity index (χ2v) is 5.47. The molecular weight excluding hydrogens is 258 g/mol.